The minimum Gasteiger partial charge on any atom is -0.478 e. The van der Waals surface area contributed by atoms with E-state index in [1.165, 1.54) is 0 Å². The van der Waals surface area contributed by atoms with E-state index in [0.717, 1.165) is 47.9 Å². The van der Waals surface area contributed by atoms with Crippen molar-refractivity contribution in [3.8, 4) is 6.07 Å². The van der Waals surface area contributed by atoms with Crippen LogP contribution in [0, 0.1) is 25.2 Å². The number of para-hydroxylation sites is 1. The maximum atomic E-state index is 11.4. The molecular formula is C20H21N3O2S. The second kappa shape index (κ2) is 7.81. The lowest BCUT2D eigenvalue weighted by Crippen LogP contribution is -2.43. The van der Waals surface area contributed by atoms with Crippen molar-refractivity contribution in [1.29, 1.82) is 5.26 Å². The number of nitriles is 1. The van der Waals surface area contributed by atoms with Crippen molar-refractivity contribution in [3.63, 3.8) is 0 Å². The van der Waals surface area contributed by atoms with Crippen LogP contribution in [0.4, 0.5) is 5.69 Å². The highest BCUT2D eigenvalue weighted by Crippen LogP contribution is 2.30. The van der Waals surface area contributed by atoms with Gasteiger partial charge in [-0.05, 0) is 55.1 Å². The van der Waals surface area contributed by atoms with E-state index in [1.54, 1.807) is 18.0 Å². The Kier molecular flexibility index (Phi) is 5.50. The number of hydrogen-bond acceptors (Lipinski definition) is 5. The van der Waals surface area contributed by atoms with Gasteiger partial charge < -0.3 is 10.0 Å². The van der Waals surface area contributed by atoms with Gasteiger partial charge in [0.1, 0.15) is 6.07 Å². The summed E-state index contributed by atoms with van der Waals surface area (Å²) in [5.74, 6) is -0.887. The van der Waals surface area contributed by atoms with E-state index in [9.17, 15) is 15.2 Å². The lowest BCUT2D eigenvalue weighted by molar-refractivity contribution is 0.0696. The molecule has 2 aromatic rings. The second-order valence-electron chi connectivity index (χ2n) is 6.37. The van der Waals surface area contributed by atoms with Gasteiger partial charge in [-0.2, -0.15) is 5.26 Å². The molecule has 0 aromatic heterocycles. The fourth-order valence-electron chi connectivity index (χ4n) is 3.16. The normalized spacial score (nSPS) is 14.9. The SMILES string of the molecule is Cc1cc(C)c(C(=O)O)cc1SN1CCN(c2ccccc2C#N)CC1. The molecule has 6 heteroatoms. The number of aromatic carboxylic acids is 1. The zero-order chi connectivity index (χ0) is 18.7. The molecule has 1 heterocycles. The van der Waals surface area contributed by atoms with Gasteiger partial charge in [-0.3, -0.25) is 0 Å². The monoisotopic (exact) mass is 367 g/mol. The molecule has 1 fully saturated rings. The van der Waals surface area contributed by atoms with Crippen LogP contribution in [0.25, 0.3) is 0 Å². The lowest BCUT2D eigenvalue weighted by atomic mass is 10.1. The summed E-state index contributed by atoms with van der Waals surface area (Å²) >= 11 is 1.62. The third kappa shape index (κ3) is 3.85. The highest BCUT2D eigenvalue weighted by atomic mass is 32.2. The fourth-order valence-corrected chi connectivity index (χ4v) is 4.16. The molecule has 2 aromatic carbocycles. The molecule has 26 heavy (non-hydrogen) atoms. The number of piperazine rings is 1. The van der Waals surface area contributed by atoms with Gasteiger partial charge in [0.05, 0.1) is 16.8 Å². The maximum Gasteiger partial charge on any atom is 0.335 e. The average Bonchev–Trinajstić information content (AvgIpc) is 2.64. The Bertz CT molecular complexity index is 868. The first-order valence-electron chi connectivity index (χ1n) is 8.51. The highest BCUT2D eigenvalue weighted by molar-refractivity contribution is 7.97. The van der Waals surface area contributed by atoms with Crippen LogP contribution in [0.2, 0.25) is 0 Å². The Morgan fingerprint density at radius 2 is 1.81 bits per heavy atom. The molecular weight excluding hydrogens is 346 g/mol. The zero-order valence-corrected chi connectivity index (χ0v) is 15.7. The number of aryl methyl sites for hydroxylation is 2. The van der Waals surface area contributed by atoms with Crippen LogP contribution < -0.4 is 4.90 Å². The Hall–Kier alpha value is -2.49. The lowest BCUT2D eigenvalue weighted by Gasteiger charge is -2.35. The number of carboxylic acid groups (broad SMARTS) is 1. The molecule has 1 saturated heterocycles. The number of anilines is 1. The molecule has 0 unspecified atom stereocenters. The molecule has 134 valence electrons. The molecule has 1 N–H and O–H groups in total. The zero-order valence-electron chi connectivity index (χ0n) is 14.9. The molecule has 0 aliphatic carbocycles. The van der Waals surface area contributed by atoms with E-state index in [4.69, 9.17) is 0 Å². The standard InChI is InChI=1S/C20H21N3O2S/c1-14-11-15(2)19(12-17(14)20(24)25)26-23-9-7-22(8-10-23)18-6-4-3-5-16(18)13-21/h3-6,11-12H,7-10H2,1-2H3,(H,24,25). The van der Waals surface area contributed by atoms with Crippen LogP contribution in [0.5, 0.6) is 0 Å². The third-order valence-electron chi connectivity index (χ3n) is 4.58. The molecule has 0 amide bonds. The van der Waals surface area contributed by atoms with Crippen LogP contribution in [0.1, 0.15) is 27.0 Å². The minimum atomic E-state index is -0.887. The summed E-state index contributed by atoms with van der Waals surface area (Å²) in [5, 5.41) is 18.6. The average molecular weight is 367 g/mol. The first-order chi connectivity index (χ1) is 12.5. The largest absolute Gasteiger partial charge is 0.478 e. The summed E-state index contributed by atoms with van der Waals surface area (Å²) in [5.41, 5.74) is 3.93. The van der Waals surface area contributed by atoms with E-state index in [1.807, 2.05) is 44.2 Å². The van der Waals surface area contributed by atoms with Gasteiger partial charge in [0, 0.05) is 31.1 Å². The van der Waals surface area contributed by atoms with Crippen molar-refractivity contribution >= 4 is 23.6 Å². The van der Waals surface area contributed by atoms with Crippen molar-refractivity contribution in [1.82, 2.24) is 4.31 Å². The molecule has 1 aliphatic heterocycles. The van der Waals surface area contributed by atoms with Gasteiger partial charge in [0.25, 0.3) is 0 Å². The second-order valence-corrected chi connectivity index (χ2v) is 7.51. The number of carboxylic acids is 1. The third-order valence-corrected chi connectivity index (χ3v) is 5.84. The summed E-state index contributed by atoms with van der Waals surface area (Å²) in [6.45, 7) is 7.21. The Morgan fingerprint density at radius 3 is 2.46 bits per heavy atom. The Balaban J connectivity index is 1.69. The summed E-state index contributed by atoms with van der Waals surface area (Å²) < 4.78 is 2.26. The summed E-state index contributed by atoms with van der Waals surface area (Å²) in [6, 6.07) is 13.6. The molecule has 0 saturated carbocycles. The van der Waals surface area contributed by atoms with E-state index in [2.05, 4.69) is 15.3 Å². The van der Waals surface area contributed by atoms with Crippen molar-refractivity contribution in [3.05, 3.63) is 58.7 Å². The summed E-state index contributed by atoms with van der Waals surface area (Å²) in [6.07, 6.45) is 0. The molecule has 0 spiro atoms. The van der Waals surface area contributed by atoms with Gasteiger partial charge in [-0.25, -0.2) is 9.10 Å². The molecule has 0 atom stereocenters. The van der Waals surface area contributed by atoms with Crippen molar-refractivity contribution < 1.29 is 9.90 Å². The van der Waals surface area contributed by atoms with Gasteiger partial charge in [-0.1, -0.05) is 18.2 Å². The van der Waals surface area contributed by atoms with Crippen molar-refractivity contribution in [2.75, 3.05) is 31.1 Å². The maximum absolute atomic E-state index is 11.4. The van der Waals surface area contributed by atoms with Crippen molar-refractivity contribution in [2.45, 2.75) is 18.7 Å². The van der Waals surface area contributed by atoms with Crippen LogP contribution >= 0.6 is 11.9 Å². The number of rotatable bonds is 4. The first kappa shape index (κ1) is 18.3. The smallest absolute Gasteiger partial charge is 0.335 e. The fraction of sp³-hybridized carbons (Fsp3) is 0.300. The van der Waals surface area contributed by atoms with Crippen LogP contribution in [-0.2, 0) is 0 Å². The van der Waals surface area contributed by atoms with Crippen molar-refractivity contribution in [2.24, 2.45) is 0 Å². The molecule has 0 radical (unpaired) electrons. The minimum absolute atomic E-state index is 0.361. The van der Waals surface area contributed by atoms with Crippen LogP contribution in [-0.4, -0.2) is 41.6 Å². The summed E-state index contributed by atoms with van der Waals surface area (Å²) in [7, 11) is 0. The van der Waals surface area contributed by atoms with E-state index in [-0.39, 0.29) is 0 Å². The van der Waals surface area contributed by atoms with E-state index < -0.39 is 5.97 Å². The Labute approximate surface area is 158 Å². The van der Waals surface area contributed by atoms with E-state index in [0.29, 0.717) is 11.1 Å². The molecule has 5 nitrogen and oxygen atoms in total. The number of benzene rings is 2. The predicted octanol–water partition coefficient (Wildman–Crippen LogP) is 3.70. The molecule has 1 aliphatic rings. The molecule has 0 bridgehead atoms. The highest BCUT2D eigenvalue weighted by Gasteiger charge is 2.21. The van der Waals surface area contributed by atoms with Gasteiger partial charge >= 0.3 is 5.97 Å². The molecule has 3 rings (SSSR count). The number of carbonyl (C=O) groups is 1. The first-order valence-corrected chi connectivity index (χ1v) is 9.28. The summed E-state index contributed by atoms with van der Waals surface area (Å²) in [4.78, 5) is 14.6. The predicted molar refractivity (Wildman–Crippen MR) is 104 cm³/mol. The van der Waals surface area contributed by atoms with Gasteiger partial charge in [-0.15, -0.1) is 0 Å². The van der Waals surface area contributed by atoms with Gasteiger partial charge in [0.15, 0.2) is 0 Å². The quantitative estimate of drug-likeness (QED) is 0.831. The van der Waals surface area contributed by atoms with Crippen LogP contribution in [0.3, 0.4) is 0 Å². The van der Waals surface area contributed by atoms with E-state index >= 15 is 0 Å². The Morgan fingerprint density at radius 1 is 1.12 bits per heavy atom. The number of hydrogen-bond donors (Lipinski definition) is 1. The van der Waals surface area contributed by atoms with Crippen LogP contribution in [0.15, 0.2) is 41.3 Å². The topological polar surface area (TPSA) is 67.6 Å². The van der Waals surface area contributed by atoms with Gasteiger partial charge in [0.2, 0.25) is 0 Å². The number of nitrogens with zero attached hydrogens (tertiary/aromatic N) is 3.